The van der Waals surface area contributed by atoms with Gasteiger partial charge in [-0.1, -0.05) is 43.9 Å². The van der Waals surface area contributed by atoms with E-state index in [4.69, 9.17) is 0 Å². The molecule has 1 unspecified atom stereocenters. The summed E-state index contributed by atoms with van der Waals surface area (Å²) in [6.45, 7) is 2.84. The Kier molecular flexibility index (Phi) is 8.40. The van der Waals surface area contributed by atoms with Gasteiger partial charge in [-0.3, -0.25) is 14.9 Å². The zero-order chi connectivity index (χ0) is 22.2. The van der Waals surface area contributed by atoms with Gasteiger partial charge >= 0.3 is 0 Å². The Hall–Kier alpha value is -2.48. The highest BCUT2D eigenvalue weighted by Gasteiger charge is 2.34. The highest BCUT2D eigenvalue weighted by atomic mass is 32.1. The first kappa shape index (κ1) is 23.2. The maximum atomic E-state index is 12.8. The van der Waals surface area contributed by atoms with Crippen LogP contribution in [0.5, 0.6) is 0 Å². The van der Waals surface area contributed by atoms with Crippen LogP contribution in [-0.2, 0) is 9.59 Å². The molecular weight excluding hydrogens is 410 g/mol. The summed E-state index contributed by atoms with van der Waals surface area (Å²) in [4.78, 5) is 29.2. The van der Waals surface area contributed by atoms with E-state index in [1.54, 1.807) is 4.90 Å². The summed E-state index contributed by atoms with van der Waals surface area (Å²) in [5, 5.41) is 12.5. The zero-order valence-electron chi connectivity index (χ0n) is 18.8. The lowest BCUT2D eigenvalue weighted by Crippen LogP contribution is -2.43. The molecule has 0 saturated carbocycles. The van der Waals surface area contributed by atoms with Crippen molar-refractivity contribution in [3.05, 3.63) is 24.3 Å². The SMILES string of the molecule is CCCCCCCC(=O)N1CCCC1C(=O)Nc1nnc(-c2ccc(N(C)C)cc2)s1. The van der Waals surface area contributed by atoms with Gasteiger partial charge in [0.15, 0.2) is 0 Å². The molecule has 1 saturated heterocycles. The summed E-state index contributed by atoms with van der Waals surface area (Å²) in [5.74, 6) is -0.0735. The molecule has 2 aromatic rings. The maximum absolute atomic E-state index is 12.8. The molecule has 168 valence electrons. The van der Waals surface area contributed by atoms with Crippen LogP contribution in [0.1, 0.15) is 58.3 Å². The Morgan fingerprint density at radius 3 is 2.58 bits per heavy atom. The molecule has 7 nitrogen and oxygen atoms in total. The predicted molar refractivity (Wildman–Crippen MR) is 126 cm³/mol. The molecule has 1 atom stereocenters. The predicted octanol–water partition coefficient (Wildman–Crippen LogP) is 4.56. The van der Waals surface area contributed by atoms with Crippen LogP contribution in [0.25, 0.3) is 10.6 Å². The highest BCUT2D eigenvalue weighted by Crippen LogP contribution is 2.29. The standard InChI is InChI=1S/C23H33N5O2S/c1-4-5-6-7-8-11-20(29)28-16-9-10-19(28)21(30)24-23-26-25-22(31-23)17-12-14-18(15-13-17)27(2)3/h12-15,19H,4-11,16H2,1-3H3,(H,24,26,30). The monoisotopic (exact) mass is 443 g/mol. The van der Waals surface area contributed by atoms with E-state index in [2.05, 4.69) is 22.4 Å². The summed E-state index contributed by atoms with van der Waals surface area (Å²) >= 11 is 1.35. The minimum absolute atomic E-state index is 0.0908. The Morgan fingerprint density at radius 1 is 1.13 bits per heavy atom. The minimum atomic E-state index is -0.408. The van der Waals surface area contributed by atoms with Crippen molar-refractivity contribution in [2.45, 2.75) is 64.3 Å². The molecule has 1 N–H and O–H groups in total. The average molecular weight is 444 g/mol. The smallest absolute Gasteiger partial charge is 0.249 e. The largest absolute Gasteiger partial charge is 0.378 e. The number of unbranched alkanes of at least 4 members (excludes halogenated alkanes) is 4. The molecule has 1 aliphatic rings. The number of amides is 2. The number of aromatic nitrogens is 2. The van der Waals surface area contributed by atoms with Crippen molar-refractivity contribution in [1.29, 1.82) is 0 Å². The van der Waals surface area contributed by atoms with Crippen LogP contribution >= 0.6 is 11.3 Å². The molecule has 1 aromatic heterocycles. The maximum Gasteiger partial charge on any atom is 0.249 e. The summed E-state index contributed by atoms with van der Waals surface area (Å²) in [6, 6.07) is 7.65. The number of rotatable bonds is 10. The van der Waals surface area contributed by atoms with Crippen LogP contribution in [0.3, 0.4) is 0 Å². The number of carbonyl (C=O) groups excluding carboxylic acids is 2. The van der Waals surface area contributed by atoms with Gasteiger partial charge in [-0.25, -0.2) is 0 Å². The van der Waals surface area contributed by atoms with Crippen LogP contribution in [-0.4, -0.2) is 53.6 Å². The van der Waals surface area contributed by atoms with Gasteiger partial charge in [-0.15, -0.1) is 10.2 Å². The van der Waals surface area contributed by atoms with E-state index >= 15 is 0 Å². The first-order chi connectivity index (χ1) is 15.0. The third kappa shape index (κ3) is 6.26. The number of anilines is 2. The molecule has 1 aliphatic heterocycles. The van der Waals surface area contributed by atoms with E-state index in [0.717, 1.165) is 35.5 Å². The van der Waals surface area contributed by atoms with E-state index in [0.29, 0.717) is 24.5 Å². The lowest BCUT2D eigenvalue weighted by atomic mass is 10.1. The van der Waals surface area contributed by atoms with Crippen molar-refractivity contribution in [2.24, 2.45) is 0 Å². The topological polar surface area (TPSA) is 78.4 Å². The molecule has 0 spiro atoms. The molecule has 8 heteroatoms. The normalized spacial score (nSPS) is 15.8. The van der Waals surface area contributed by atoms with Crippen molar-refractivity contribution in [3.63, 3.8) is 0 Å². The number of hydrogen-bond donors (Lipinski definition) is 1. The number of nitrogens with zero attached hydrogens (tertiary/aromatic N) is 4. The second-order valence-corrected chi connectivity index (χ2v) is 9.23. The average Bonchev–Trinajstić information content (AvgIpc) is 3.43. The van der Waals surface area contributed by atoms with Crippen molar-refractivity contribution in [3.8, 4) is 10.6 Å². The number of nitrogens with one attached hydrogen (secondary N) is 1. The number of hydrogen-bond acceptors (Lipinski definition) is 6. The lowest BCUT2D eigenvalue weighted by molar-refractivity contribution is -0.136. The first-order valence-electron chi connectivity index (χ1n) is 11.2. The number of likely N-dealkylation sites (tertiary alicyclic amines) is 1. The quantitative estimate of drug-likeness (QED) is 0.545. The van der Waals surface area contributed by atoms with E-state index in [1.165, 1.54) is 30.6 Å². The van der Waals surface area contributed by atoms with Crippen LogP contribution in [0.4, 0.5) is 10.8 Å². The molecule has 3 rings (SSSR count). The Balaban J connectivity index is 1.55. The highest BCUT2D eigenvalue weighted by molar-refractivity contribution is 7.18. The van der Waals surface area contributed by atoms with Crippen LogP contribution in [0.15, 0.2) is 24.3 Å². The van der Waals surface area contributed by atoms with Gasteiger partial charge in [0.2, 0.25) is 16.9 Å². The van der Waals surface area contributed by atoms with Gasteiger partial charge in [0, 0.05) is 38.3 Å². The second kappa shape index (κ2) is 11.2. The van der Waals surface area contributed by atoms with Crippen molar-refractivity contribution in [2.75, 3.05) is 30.9 Å². The lowest BCUT2D eigenvalue weighted by Gasteiger charge is -2.23. The van der Waals surface area contributed by atoms with E-state index in [1.807, 2.05) is 43.3 Å². The van der Waals surface area contributed by atoms with E-state index in [9.17, 15) is 9.59 Å². The van der Waals surface area contributed by atoms with Crippen molar-refractivity contribution >= 4 is 34.0 Å². The van der Waals surface area contributed by atoms with Crippen molar-refractivity contribution in [1.82, 2.24) is 15.1 Å². The fourth-order valence-corrected chi connectivity index (χ4v) is 4.59. The molecule has 0 bridgehead atoms. The third-order valence-corrected chi connectivity index (χ3v) is 6.54. The first-order valence-corrected chi connectivity index (χ1v) is 12.0. The van der Waals surface area contributed by atoms with Crippen LogP contribution in [0, 0.1) is 0 Å². The van der Waals surface area contributed by atoms with Crippen LogP contribution in [0.2, 0.25) is 0 Å². The summed E-state index contributed by atoms with van der Waals surface area (Å²) in [7, 11) is 3.99. The van der Waals surface area contributed by atoms with Gasteiger partial charge in [-0.2, -0.15) is 0 Å². The fourth-order valence-electron chi connectivity index (χ4n) is 3.84. The summed E-state index contributed by atoms with van der Waals surface area (Å²) < 4.78 is 0. The second-order valence-electron chi connectivity index (χ2n) is 8.25. The molecule has 0 aliphatic carbocycles. The number of benzene rings is 1. The van der Waals surface area contributed by atoms with Gasteiger partial charge < -0.3 is 9.80 Å². The molecule has 0 radical (unpaired) electrons. The van der Waals surface area contributed by atoms with Crippen LogP contribution < -0.4 is 10.2 Å². The Labute approximate surface area is 188 Å². The van der Waals surface area contributed by atoms with Gasteiger partial charge in [0.05, 0.1) is 0 Å². The zero-order valence-corrected chi connectivity index (χ0v) is 19.6. The summed E-state index contributed by atoms with van der Waals surface area (Å²) in [5.41, 5.74) is 2.07. The molecule has 2 amide bonds. The molecule has 1 fully saturated rings. The number of carbonyl (C=O) groups is 2. The molecule has 31 heavy (non-hydrogen) atoms. The minimum Gasteiger partial charge on any atom is -0.378 e. The Bertz CT molecular complexity index is 865. The molecule has 2 heterocycles. The van der Waals surface area contributed by atoms with Gasteiger partial charge in [0.25, 0.3) is 0 Å². The van der Waals surface area contributed by atoms with Gasteiger partial charge in [0.1, 0.15) is 11.0 Å². The van der Waals surface area contributed by atoms with Gasteiger partial charge in [-0.05, 0) is 43.5 Å². The van der Waals surface area contributed by atoms with E-state index in [-0.39, 0.29) is 11.8 Å². The van der Waals surface area contributed by atoms with E-state index < -0.39 is 6.04 Å². The summed E-state index contributed by atoms with van der Waals surface area (Å²) in [6.07, 6.45) is 7.64. The molecule has 1 aromatic carbocycles. The Morgan fingerprint density at radius 2 is 1.87 bits per heavy atom. The van der Waals surface area contributed by atoms with Crippen molar-refractivity contribution < 1.29 is 9.59 Å². The third-order valence-electron chi connectivity index (χ3n) is 5.66. The fraction of sp³-hybridized carbons (Fsp3) is 0.565. The molecular formula is C23H33N5O2S.